The summed E-state index contributed by atoms with van der Waals surface area (Å²) in [5.74, 6) is -0.102. The van der Waals surface area contributed by atoms with Crippen molar-refractivity contribution in [1.82, 2.24) is 14.8 Å². The highest BCUT2D eigenvalue weighted by molar-refractivity contribution is 7.16. The Balaban J connectivity index is 1.43. The number of phenols is 1. The Morgan fingerprint density at radius 1 is 1.05 bits per heavy atom. The van der Waals surface area contributed by atoms with Crippen LogP contribution in [0.1, 0.15) is 56.1 Å². The van der Waals surface area contributed by atoms with Crippen LogP contribution in [-0.4, -0.2) is 57.6 Å². The first-order chi connectivity index (χ1) is 19.0. The van der Waals surface area contributed by atoms with Gasteiger partial charge < -0.3 is 24.6 Å². The maximum Gasteiger partial charge on any atom is 0.410 e. The van der Waals surface area contributed by atoms with E-state index in [1.54, 1.807) is 17.0 Å². The van der Waals surface area contributed by atoms with Gasteiger partial charge in [0.05, 0.1) is 11.2 Å². The molecule has 0 radical (unpaired) electrons. The van der Waals surface area contributed by atoms with Crippen LogP contribution >= 0.6 is 11.3 Å². The number of amides is 2. The van der Waals surface area contributed by atoms with Crippen LogP contribution in [0.15, 0.2) is 59.9 Å². The number of rotatable bonds is 10. The van der Waals surface area contributed by atoms with Crippen LogP contribution in [0.5, 0.6) is 5.75 Å². The van der Waals surface area contributed by atoms with Crippen molar-refractivity contribution in [3.05, 3.63) is 75.9 Å². The summed E-state index contributed by atoms with van der Waals surface area (Å²) in [5.41, 5.74) is 2.25. The van der Waals surface area contributed by atoms with Gasteiger partial charge in [-0.05, 0) is 42.5 Å². The van der Waals surface area contributed by atoms with E-state index in [4.69, 9.17) is 4.74 Å². The monoisotopic (exact) mass is 551 g/mol. The summed E-state index contributed by atoms with van der Waals surface area (Å²) in [5, 5.41) is 10.1. The number of carbonyl (C=O) groups excluding carboxylic acids is 2. The Morgan fingerprint density at radius 3 is 2.49 bits per heavy atom. The van der Waals surface area contributed by atoms with Gasteiger partial charge in [0.1, 0.15) is 17.9 Å². The number of aromatic amines is 1. The van der Waals surface area contributed by atoms with Crippen molar-refractivity contribution in [3.63, 3.8) is 0 Å². The van der Waals surface area contributed by atoms with E-state index in [1.165, 1.54) is 25.3 Å². The highest BCUT2D eigenvalue weighted by Crippen LogP contribution is 2.28. The summed E-state index contributed by atoms with van der Waals surface area (Å²) in [7, 11) is 0. The standard InChI is InChI=1S/C30H37N3O5S/c1-2-26(35)33(24-13-9-4-3-5-10-14-24)19-20-38-30(37)32(21-22-11-7-6-8-12-22)18-17-23-15-16-25(34)27-28(23)39-29(36)31-27/h2,6-8,11-12,15-16,24,34H,1,3-5,9-10,13-14,17-21H2,(H,31,36). The summed E-state index contributed by atoms with van der Waals surface area (Å²) in [6.07, 6.45) is 9.08. The molecule has 1 heterocycles. The van der Waals surface area contributed by atoms with Gasteiger partial charge in [-0.25, -0.2) is 4.79 Å². The zero-order valence-electron chi connectivity index (χ0n) is 22.3. The van der Waals surface area contributed by atoms with Gasteiger partial charge in [0.15, 0.2) is 0 Å². The fraction of sp³-hybridized carbons (Fsp3) is 0.433. The molecular weight excluding hydrogens is 514 g/mol. The van der Waals surface area contributed by atoms with Gasteiger partial charge >= 0.3 is 11.0 Å². The van der Waals surface area contributed by atoms with Gasteiger partial charge in [-0.2, -0.15) is 0 Å². The number of nitrogens with zero attached hydrogens (tertiary/aromatic N) is 2. The number of phenolic OH excluding ortho intramolecular Hbond substituents is 1. The average molecular weight is 552 g/mol. The number of hydrogen-bond acceptors (Lipinski definition) is 6. The number of H-pyrrole nitrogens is 1. The molecule has 3 aromatic rings. The molecule has 0 bridgehead atoms. The number of ether oxygens (including phenoxy) is 1. The molecular formula is C30H37N3O5S. The maximum atomic E-state index is 13.3. The van der Waals surface area contributed by atoms with Crippen LogP contribution in [0, 0.1) is 0 Å². The van der Waals surface area contributed by atoms with Gasteiger partial charge in [0, 0.05) is 19.1 Å². The van der Waals surface area contributed by atoms with Crippen LogP contribution in [0.4, 0.5) is 4.79 Å². The molecule has 1 fully saturated rings. The Bertz CT molecular complexity index is 1310. The SMILES string of the molecule is C=CC(=O)N(CCOC(=O)N(CCc1ccc(O)c2[nH]c(=O)sc12)Cc1ccccc1)C1CCCCCCC1. The van der Waals surface area contributed by atoms with Crippen LogP contribution in [-0.2, 0) is 22.5 Å². The molecule has 2 N–H and O–H groups in total. The van der Waals surface area contributed by atoms with Crippen molar-refractivity contribution in [1.29, 1.82) is 0 Å². The third kappa shape index (κ3) is 7.72. The van der Waals surface area contributed by atoms with E-state index in [-0.39, 0.29) is 29.2 Å². The topological polar surface area (TPSA) is 103 Å². The fourth-order valence-electron chi connectivity index (χ4n) is 5.22. The number of aromatic nitrogens is 1. The van der Waals surface area contributed by atoms with Gasteiger partial charge in [-0.3, -0.25) is 9.59 Å². The Morgan fingerprint density at radius 2 is 1.77 bits per heavy atom. The minimum absolute atomic E-state index is 0.0237. The van der Waals surface area contributed by atoms with Crippen molar-refractivity contribution in [2.75, 3.05) is 19.7 Å². The first-order valence-electron chi connectivity index (χ1n) is 13.7. The molecule has 208 valence electrons. The second kappa shape index (κ2) is 14.0. The minimum Gasteiger partial charge on any atom is -0.506 e. The maximum absolute atomic E-state index is 13.3. The molecule has 0 spiro atoms. The number of benzene rings is 2. The van der Waals surface area contributed by atoms with Gasteiger partial charge in [-0.15, -0.1) is 0 Å². The Labute approximate surface area is 232 Å². The molecule has 1 aliphatic rings. The summed E-state index contributed by atoms with van der Waals surface area (Å²) >= 11 is 1.04. The predicted molar refractivity (Wildman–Crippen MR) is 154 cm³/mol. The molecule has 8 nitrogen and oxygen atoms in total. The minimum atomic E-state index is -0.459. The molecule has 0 saturated heterocycles. The molecule has 2 aromatic carbocycles. The van der Waals surface area contributed by atoms with Gasteiger partial charge in [0.25, 0.3) is 0 Å². The molecule has 1 aromatic heterocycles. The Kier molecular flexibility index (Phi) is 10.2. The molecule has 0 unspecified atom stereocenters. The van der Waals surface area contributed by atoms with E-state index in [0.29, 0.717) is 36.3 Å². The van der Waals surface area contributed by atoms with Crippen molar-refractivity contribution >= 4 is 33.6 Å². The second-order valence-corrected chi connectivity index (χ2v) is 11.0. The molecule has 1 saturated carbocycles. The van der Waals surface area contributed by atoms with Gasteiger partial charge in [-0.1, -0.05) is 86.4 Å². The van der Waals surface area contributed by atoms with Crippen molar-refractivity contribution in [2.24, 2.45) is 0 Å². The van der Waals surface area contributed by atoms with Crippen LogP contribution in [0.3, 0.4) is 0 Å². The fourth-order valence-corrected chi connectivity index (χ4v) is 6.12. The number of carbonyl (C=O) groups is 2. The molecule has 2 amide bonds. The number of nitrogens with one attached hydrogen (secondary N) is 1. The lowest BCUT2D eigenvalue weighted by Gasteiger charge is -2.32. The van der Waals surface area contributed by atoms with E-state index < -0.39 is 6.09 Å². The number of thiazole rings is 1. The van der Waals surface area contributed by atoms with Crippen LogP contribution in [0.2, 0.25) is 0 Å². The van der Waals surface area contributed by atoms with E-state index in [1.807, 2.05) is 35.2 Å². The van der Waals surface area contributed by atoms with Crippen molar-refractivity contribution in [2.45, 2.75) is 64.0 Å². The van der Waals surface area contributed by atoms with E-state index in [0.717, 1.165) is 48.1 Å². The highest BCUT2D eigenvalue weighted by Gasteiger charge is 2.24. The highest BCUT2D eigenvalue weighted by atomic mass is 32.1. The summed E-state index contributed by atoms with van der Waals surface area (Å²) in [6, 6.07) is 13.2. The van der Waals surface area contributed by atoms with Gasteiger partial charge in [0.2, 0.25) is 5.91 Å². The molecule has 1 aliphatic carbocycles. The van der Waals surface area contributed by atoms with E-state index >= 15 is 0 Å². The first-order valence-corrected chi connectivity index (χ1v) is 14.5. The number of fused-ring (bicyclic) bond motifs is 1. The lowest BCUT2D eigenvalue weighted by Crippen LogP contribution is -2.43. The van der Waals surface area contributed by atoms with E-state index in [2.05, 4.69) is 11.6 Å². The number of hydrogen-bond donors (Lipinski definition) is 2. The summed E-state index contributed by atoms with van der Waals surface area (Å²) in [4.78, 5) is 43.7. The van der Waals surface area contributed by atoms with Crippen LogP contribution < -0.4 is 4.87 Å². The summed E-state index contributed by atoms with van der Waals surface area (Å²) < 4.78 is 6.40. The normalized spacial score (nSPS) is 14.4. The number of aromatic hydroxyl groups is 1. The van der Waals surface area contributed by atoms with Crippen LogP contribution in [0.25, 0.3) is 10.2 Å². The largest absolute Gasteiger partial charge is 0.506 e. The molecule has 0 atom stereocenters. The third-order valence-corrected chi connectivity index (χ3v) is 8.25. The Hall–Kier alpha value is -3.59. The summed E-state index contributed by atoms with van der Waals surface area (Å²) in [6.45, 7) is 4.83. The molecule has 4 rings (SSSR count). The predicted octanol–water partition coefficient (Wildman–Crippen LogP) is 5.60. The molecule has 39 heavy (non-hydrogen) atoms. The first kappa shape index (κ1) is 28.4. The zero-order valence-corrected chi connectivity index (χ0v) is 23.1. The van der Waals surface area contributed by atoms with Crippen molar-refractivity contribution in [3.8, 4) is 5.75 Å². The van der Waals surface area contributed by atoms with Crippen molar-refractivity contribution < 1.29 is 19.4 Å². The van der Waals surface area contributed by atoms with E-state index in [9.17, 15) is 19.5 Å². The lowest BCUT2D eigenvalue weighted by atomic mass is 9.95. The second-order valence-electron chi connectivity index (χ2n) is 9.97. The third-order valence-electron chi connectivity index (χ3n) is 7.30. The smallest absolute Gasteiger partial charge is 0.410 e. The molecule has 0 aliphatic heterocycles. The lowest BCUT2D eigenvalue weighted by molar-refractivity contribution is -0.129. The zero-order chi connectivity index (χ0) is 27.6. The quantitative estimate of drug-likeness (QED) is 0.319. The molecule has 9 heteroatoms. The average Bonchev–Trinajstić information content (AvgIpc) is 3.33.